The average Bonchev–Trinajstić information content (AvgIpc) is 2.89. The first-order valence-corrected chi connectivity index (χ1v) is 16.6. The third-order valence-electron chi connectivity index (χ3n) is 9.30. The van der Waals surface area contributed by atoms with Crippen molar-refractivity contribution < 1.29 is 0 Å². The molecule has 0 heteroatoms. The molecule has 38 heavy (non-hydrogen) atoms. The molecule has 0 saturated heterocycles. The molecule has 0 bridgehead atoms. The molecule has 0 N–H and O–H groups in total. The van der Waals surface area contributed by atoms with Crippen LogP contribution in [-0.4, -0.2) is 0 Å². The van der Waals surface area contributed by atoms with Gasteiger partial charge >= 0.3 is 0 Å². The lowest BCUT2D eigenvalue weighted by atomic mass is 9.60. The number of rotatable bonds is 11. The molecule has 0 heterocycles. The van der Waals surface area contributed by atoms with E-state index in [-0.39, 0.29) is 0 Å². The fourth-order valence-electron chi connectivity index (χ4n) is 6.21. The van der Waals surface area contributed by atoms with Crippen LogP contribution in [0.4, 0.5) is 0 Å². The molecule has 3 unspecified atom stereocenters. The second kappa shape index (κ2) is 19.1. The van der Waals surface area contributed by atoms with Gasteiger partial charge in [-0.25, -0.2) is 0 Å². The zero-order valence-corrected chi connectivity index (χ0v) is 28.3. The van der Waals surface area contributed by atoms with Crippen LogP contribution in [0.2, 0.25) is 0 Å². The monoisotopic (exact) mass is 527 g/mol. The van der Waals surface area contributed by atoms with Crippen LogP contribution in [0.25, 0.3) is 0 Å². The van der Waals surface area contributed by atoms with Crippen LogP contribution < -0.4 is 0 Å². The topological polar surface area (TPSA) is 0 Å². The second-order valence-electron chi connectivity index (χ2n) is 13.8. The van der Waals surface area contributed by atoms with Crippen LogP contribution >= 0.6 is 0 Å². The average molecular weight is 527 g/mol. The summed E-state index contributed by atoms with van der Waals surface area (Å²) in [5.74, 6) is 3.99. The van der Waals surface area contributed by atoms with Gasteiger partial charge in [-0.05, 0) is 97.4 Å². The Balaban J connectivity index is 0.000000873. The van der Waals surface area contributed by atoms with Crippen LogP contribution in [0.15, 0.2) is 48.1 Å². The molecule has 0 aromatic rings. The molecular weight excluding hydrogens is 456 g/mol. The first-order valence-electron chi connectivity index (χ1n) is 16.6. The molecule has 0 aromatic heterocycles. The summed E-state index contributed by atoms with van der Waals surface area (Å²) < 4.78 is 0. The van der Waals surface area contributed by atoms with Gasteiger partial charge < -0.3 is 0 Å². The Morgan fingerprint density at radius 3 is 2.08 bits per heavy atom. The van der Waals surface area contributed by atoms with Crippen molar-refractivity contribution in [1.82, 2.24) is 0 Å². The van der Waals surface area contributed by atoms with E-state index in [1.165, 1.54) is 69.8 Å². The second-order valence-corrected chi connectivity index (χ2v) is 13.8. The van der Waals surface area contributed by atoms with Gasteiger partial charge in [0, 0.05) is 0 Å². The molecule has 4 atom stereocenters. The minimum Gasteiger partial charge on any atom is -0.0990 e. The summed E-state index contributed by atoms with van der Waals surface area (Å²) in [6.45, 7) is 32.2. The Labute approximate surface area is 241 Å². The molecule has 222 valence electrons. The standard InChI is InChI=1S/C25H46.C11H18.C2H6/c1-8-10-11-12-13-18-25(7,24-16-14-21(4)15-17-24)23(6)22(5)19-20(3)9-2;1-9-6-5-7-10(8-9)11(2,3)4;1-2/h10-11,20-22,24H,6,8-9,12-19H2,1-5,7H3;5,7-9H,6H2,1-4H3;1-2H3/b11-10-;;/t20?,21?,22-,24?,25?;;/m1../s1. The maximum atomic E-state index is 4.71. The van der Waals surface area contributed by atoms with E-state index in [4.69, 9.17) is 6.58 Å². The Kier molecular flexibility index (Phi) is 18.6. The van der Waals surface area contributed by atoms with Gasteiger partial charge in [-0.1, -0.05) is 145 Å². The fourth-order valence-corrected chi connectivity index (χ4v) is 6.21. The summed E-state index contributed by atoms with van der Waals surface area (Å²) >= 11 is 0. The summed E-state index contributed by atoms with van der Waals surface area (Å²) in [6.07, 6.45) is 26.1. The summed E-state index contributed by atoms with van der Waals surface area (Å²) in [7, 11) is 0. The highest BCUT2D eigenvalue weighted by Crippen LogP contribution is 2.50. The molecule has 0 nitrogen and oxygen atoms in total. The van der Waals surface area contributed by atoms with Gasteiger partial charge in [0.25, 0.3) is 0 Å². The van der Waals surface area contributed by atoms with E-state index in [1.54, 1.807) is 5.57 Å². The third kappa shape index (κ3) is 13.3. The van der Waals surface area contributed by atoms with Crippen molar-refractivity contribution >= 4 is 0 Å². The van der Waals surface area contributed by atoms with Crippen molar-refractivity contribution in [3.05, 3.63) is 48.1 Å². The predicted octanol–water partition coefficient (Wildman–Crippen LogP) is 13.2. The minimum atomic E-state index is 0.325. The highest BCUT2D eigenvalue weighted by Gasteiger charge is 2.39. The van der Waals surface area contributed by atoms with Crippen LogP contribution in [0.3, 0.4) is 0 Å². The van der Waals surface area contributed by atoms with Gasteiger partial charge in [0.1, 0.15) is 0 Å². The van der Waals surface area contributed by atoms with Crippen molar-refractivity contribution in [2.24, 2.45) is 40.4 Å². The van der Waals surface area contributed by atoms with Gasteiger partial charge in [-0.15, -0.1) is 0 Å². The quantitative estimate of drug-likeness (QED) is 0.185. The number of hydrogen-bond acceptors (Lipinski definition) is 0. The smallest absolute Gasteiger partial charge is 0.00880 e. The first-order chi connectivity index (χ1) is 17.8. The van der Waals surface area contributed by atoms with E-state index in [2.05, 4.69) is 99.6 Å². The predicted molar refractivity (Wildman–Crippen MR) is 177 cm³/mol. The lowest BCUT2D eigenvalue weighted by molar-refractivity contribution is 0.129. The van der Waals surface area contributed by atoms with E-state index in [1.807, 2.05) is 13.8 Å². The molecule has 0 aliphatic heterocycles. The van der Waals surface area contributed by atoms with E-state index in [0.29, 0.717) is 16.7 Å². The highest BCUT2D eigenvalue weighted by molar-refractivity contribution is 5.28. The van der Waals surface area contributed by atoms with Gasteiger partial charge in [-0.3, -0.25) is 0 Å². The molecular formula is C38H70. The van der Waals surface area contributed by atoms with Gasteiger partial charge in [0.2, 0.25) is 0 Å². The Morgan fingerprint density at radius 2 is 1.61 bits per heavy atom. The van der Waals surface area contributed by atoms with E-state index in [0.717, 1.165) is 30.1 Å². The SMILES string of the molecule is C=C([C@H](C)CC(C)CC)C(C)(CCC/C=C\CC)C1CCC(C)CC1.CC.CC1C=C(C(C)(C)C)C=CC1. The van der Waals surface area contributed by atoms with E-state index < -0.39 is 0 Å². The van der Waals surface area contributed by atoms with Crippen molar-refractivity contribution in [1.29, 1.82) is 0 Å². The molecule has 0 radical (unpaired) electrons. The van der Waals surface area contributed by atoms with E-state index >= 15 is 0 Å². The lowest BCUT2D eigenvalue weighted by Gasteiger charge is -2.45. The van der Waals surface area contributed by atoms with Crippen molar-refractivity contribution in [2.75, 3.05) is 0 Å². The maximum Gasteiger partial charge on any atom is -0.00880 e. The zero-order chi connectivity index (χ0) is 29.4. The summed E-state index contributed by atoms with van der Waals surface area (Å²) in [5, 5.41) is 0. The molecule has 1 fully saturated rings. The Morgan fingerprint density at radius 1 is 1.00 bits per heavy atom. The number of allylic oxidation sites excluding steroid dienone is 7. The largest absolute Gasteiger partial charge is 0.0990 e. The number of unbranched alkanes of at least 4 members (excludes halogenated alkanes) is 1. The minimum absolute atomic E-state index is 0.325. The third-order valence-corrected chi connectivity index (χ3v) is 9.30. The van der Waals surface area contributed by atoms with Gasteiger partial charge in [0.05, 0.1) is 0 Å². The van der Waals surface area contributed by atoms with Crippen LogP contribution in [0.5, 0.6) is 0 Å². The highest BCUT2D eigenvalue weighted by atomic mass is 14.4. The van der Waals surface area contributed by atoms with E-state index in [9.17, 15) is 0 Å². The number of hydrogen-bond donors (Lipinski definition) is 0. The summed E-state index contributed by atoms with van der Waals surface area (Å²) in [4.78, 5) is 0. The molecule has 2 aliphatic rings. The molecule has 2 rings (SSSR count). The molecule has 0 spiro atoms. The molecule has 1 saturated carbocycles. The van der Waals surface area contributed by atoms with Crippen LogP contribution in [0.1, 0.15) is 154 Å². The first kappa shape index (κ1) is 37.0. The molecule has 0 aromatic carbocycles. The maximum absolute atomic E-state index is 4.71. The fraction of sp³-hybridized carbons (Fsp3) is 0.789. The lowest BCUT2D eigenvalue weighted by Crippen LogP contribution is -2.34. The van der Waals surface area contributed by atoms with Gasteiger partial charge in [0.15, 0.2) is 0 Å². The summed E-state index contributed by atoms with van der Waals surface area (Å²) in [5.41, 5.74) is 3.71. The van der Waals surface area contributed by atoms with Crippen LogP contribution in [-0.2, 0) is 0 Å². The van der Waals surface area contributed by atoms with Crippen LogP contribution in [0, 0.1) is 40.4 Å². The normalized spacial score (nSPS) is 24.7. The van der Waals surface area contributed by atoms with Crippen molar-refractivity contribution in [3.8, 4) is 0 Å². The Hall–Kier alpha value is -1.04. The van der Waals surface area contributed by atoms with Crippen molar-refractivity contribution in [2.45, 2.75) is 154 Å². The van der Waals surface area contributed by atoms with Crippen molar-refractivity contribution in [3.63, 3.8) is 0 Å². The Bertz CT molecular complexity index is 703. The zero-order valence-electron chi connectivity index (χ0n) is 28.3. The molecule has 2 aliphatic carbocycles. The van der Waals surface area contributed by atoms with Gasteiger partial charge in [-0.2, -0.15) is 0 Å². The summed E-state index contributed by atoms with van der Waals surface area (Å²) in [6, 6.07) is 0. The molecule has 0 amide bonds.